The van der Waals surface area contributed by atoms with Gasteiger partial charge >= 0.3 is 0 Å². The summed E-state index contributed by atoms with van der Waals surface area (Å²) < 4.78 is 5.92. The van der Waals surface area contributed by atoms with Gasteiger partial charge in [0.15, 0.2) is 0 Å². The van der Waals surface area contributed by atoms with Crippen LogP contribution in [0.2, 0.25) is 0 Å². The number of benzene rings is 1. The predicted molar refractivity (Wildman–Crippen MR) is 75.3 cm³/mol. The number of aliphatic hydroxyl groups is 1. The van der Waals surface area contributed by atoms with Crippen LogP contribution in [0.1, 0.15) is 32.1 Å². The molecule has 1 aliphatic carbocycles. The lowest BCUT2D eigenvalue weighted by atomic mass is 9.94. The standard InChI is InChI=1S/C16H23NO2/c18-15-11-17(13-7-3-1-4-8-13)12-16(15)19-14-9-5-2-6-10-14/h2,5-6,9-10,13,15-16,18H,1,3-4,7-8,11-12H2/t15-,16-/m0/s1. The zero-order chi connectivity index (χ0) is 13.1. The molecule has 1 aliphatic heterocycles. The summed E-state index contributed by atoms with van der Waals surface area (Å²) in [5.74, 6) is 0.858. The lowest BCUT2D eigenvalue weighted by Crippen LogP contribution is -2.36. The average Bonchev–Trinajstić information content (AvgIpc) is 2.82. The molecular weight excluding hydrogens is 238 g/mol. The van der Waals surface area contributed by atoms with E-state index in [9.17, 15) is 5.11 Å². The molecule has 3 heteroatoms. The van der Waals surface area contributed by atoms with Gasteiger partial charge in [0.2, 0.25) is 0 Å². The summed E-state index contributed by atoms with van der Waals surface area (Å²) in [6.45, 7) is 1.63. The Morgan fingerprint density at radius 3 is 2.47 bits per heavy atom. The van der Waals surface area contributed by atoms with Gasteiger partial charge in [0.25, 0.3) is 0 Å². The fourth-order valence-corrected chi connectivity index (χ4v) is 3.32. The van der Waals surface area contributed by atoms with Gasteiger partial charge in [0, 0.05) is 19.1 Å². The Hall–Kier alpha value is -1.06. The van der Waals surface area contributed by atoms with E-state index in [0.717, 1.165) is 18.8 Å². The first-order valence-electron chi connectivity index (χ1n) is 7.47. The molecule has 1 saturated carbocycles. The number of β-amino-alcohol motifs (C(OH)–C–C–N with tert-alkyl or cyclic N) is 1. The van der Waals surface area contributed by atoms with Crippen molar-refractivity contribution in [1.82, 2.24) is 4.90 Å². The largest absolute Gasteiger partial charge is 0.486 e. The predicted octanol–water partition coefficient (Wildman–Crippen LogP) is 2.44. The van der Waals surface area contributed by atoms with Crippen LogP contribution in [0.5, 0.6) is 5.75 Å². The molecule has 0 spiro atoms. The zero-order valence-corrected chi connectivity index (χ0v) is 11.4. The monoisotopic (exact) mass is 261 g/mol. The molecule has 1 N–H and O–H groups in total. The lowest BCUT2D eigenvalue weighted by molar-refractivity contribution is 0.0736. The van der Waals surface area contributed by atoms with Crippen molar-refractivity contribution in [3.05, 3.63) is 30.3 Å². The highest BCUT2D eigenvalue weighted by Gasteiger charge is 2.36. The number of ether oxygens (including phenoxy) is 1. The van der Waals surface area contributed by atoms with Crippen LogP contribution in [0.25, 0.3) is 0 Å². The fourth-order valence-electron chi connectivity index (χ4n) is 3.32. The third-order valence-corrected chi connectivity index (χ3v) is 4.39. The molecule has 19 heavy (non-hydrogen) atoms. The van der Waals surface area contributed by atoms with E-state index < -0.39 is 0 Å². The molecule has 3 rings (SSSR count). The molecule has 0 bridgehead atoms. The van der Waals surface area contributed by atoms with Crippen molar-refractivity contribution in [3.63, 3.8) is 0 Å². The van der Waals surface area contributed by atoms with Crippen LogP contribution in [0.15, 0.2) is 30.3 Å². The van der Waals surface area contributed by atoms with Crippen LogP contribution in [0.3, 0.4) is 0 Å². The molecule has 104 valence electrons. The second-order valence-electron chi connectivity index (χ2n) is 5.78. The molecule has 1 aromatic rings. The van der Waals surface area contributed by atoms with Crippen LogP contribution < -0.4 is 4.74 Å². The zero-order valence-electron chi connectivity index (χ0n) is 11.4. The van der Waals surface area contributed by atoms with Gasteiger partial charge in [-0.15, -0.1) is 0 Å². The Bertz CT molecular complexity index is 389. The number of rotatable bonds is 3. The van der Waals surface area contributed by atoms with E-state index in [1.807, 2.05) is 30.3 Å². The lowest BCUT2D eigenvalue weighted by Gasteiger charge is -2.30. The van der Waals surface area contributed by atoms with Crippen LogP contribution in [-0.4, -0.2) is 41.3 Å². The molecular formula is C16H23NO2. The van der Waals surface area contributed by atoms with E-state index in [1.165, 1.54) is 32.1 Å². The van der Waals surface area contributed by atoms with Crippen LogP contribution >= 0.6 is 0 Å². The maximum absolute atomic E-state index is 10.2. The number of nitrogens with zero attached hydrogens (tertiary/aromatic N) is 1. The van der Waals surface area contributed by atoms with Gasteiger partial charge in [-0.05, 0) is 25.0 Å². The SMILES string of the molecule is O[C@H]1CN(C2CCCCC2)C[C@@H]1Oc1ccccc1. The van der Waals surface area contributed by atoms with E-state index in [4.69, 9.17) is 4.74 Å². The van der Waals surface area contributed by atoms with Gasteiger partial charge in [-0.1, -0.05) is 37.5 Å². The van der Waals surface area contributed by atoms with Gasteiger partial charge in [-0.2, -0.15) is 0 Å². The van der Waals surface area contributed by atoms with Crippen molar-refractivity contribution in [2.45, 2.75) is 50.4 Å². The molecule has 1 aromatic carbocycles. The highest BCUT2D eigenvalue weighted by atomic mass is 16.5. The van der Waals surface area contributed by atoms with Crippen molar-refractivity contribution >= 4 is 0 Å². The van der Waals surface area contributed by atoms with Crippen LogP contribution in [-0.2, 0) is 0 Å². The van der Waals surface area contributed by atoms with E-state index >= 15 is 0 Å². The third-order valence-electron chi connectivity index (χ3n) is 4.39. The third kappa shape index (κ3) is 3.10. The number of para-hydroxylation sites is 1. The molecule has 1 saturated heterocycles. The minimum Gasteiger partial charge on any atom is -0.486 e. The number of hydrogen-bond acceptors (Lipinski definition) is 3. The van der Waals surface area contributed by atoms with Crippen molar-refractivity contribution in [1.29, 1.82) is 0 Å². The van der Waals surface area contributed by atoms with Gasteiger partial charge in [0.1, 0.15) is 18.0 Å². The summed E-state index contributed by atoms with van der Waals surface area (Å²) in [4.78, 5) is 2.43. The Kier molecular flexibility index (Phi) is 4.04. The second-order valence-corrected chi connectivity index (χ2v) is 5.78. The minimum atomic E-state index is -0.359. The molecule has 0 radical (unpaired) electrons. The number of aliphatic hydroxyl groups excluding tert-OH is 1. The minimum absolute atomic E-state index is 0.0793. The Morgan fingerprint density at radius 2 is 1.74 bits per heavy atom. The van der Waals surface area contributed by atoms with Gasteiger partial charge in [-0.3, -0.25) is 4.90 Å². The summed E-state index contributed by atoms with van der Waals surface area (Å²) in [5.41, 5.74) is 0. The van der Waals surface area contributed by atoms with Crippen LogP contribution in [0, 0.1) is 0 Å². The molecule has 2 aliphatic rings. The first-order chi connectivity index (χ1) is 9.33. The molecule has 2 atom stereocenters. The highest BCUT2D eigenvalue weighted by Crippen LogP contribution is 2.27. The quantitative estimate of drug-likeness (QED) is 0.907. The van der Waals surface area contributed by atoms with Crippen molar-refractivity contribution in [2.24, 2.45) is 0 Å². The highest BCUT2D eigenvalue weighted by molar-refractivity contribution is 5.21. The molecule has 0 amide bonds. The number of hydrogen-bond donors (Lipinski definition) is 1. The summed E-state index contributed by atoms with van der Waals surface area (Å²) in [7, 11) is 0. The fraction of sp³-hybridized carbons (Fsp3) is 0.625. The van der Waals surface area contributed by atoms with E-state index in [2.05, 4.69) is 4.90 Å². The van der Waals surface area contributed by atoms with Crippen molar-refractivity contribution in [3.8, 4) is 5.75 Å². The first kappa shape index (κ1) is 12.9. The Morgan fingerprint density at radius 1 is 1.00 bits per heavy atom. The summed E-state index contributed by atoms with van der Waals surface area (Å²) in [6, 6.07) is 10.5. The molecule has 2 fully saturated rings. The first-order valence-corrected chi connectivity index (χ1v) is 7.47. The topological polar surface area (TPSA) is 32.7 Å². The van der Waals surface area contributed by atoms with E-state index in [0.29, 0.717) is 6.04 Å². The molecule has 0 aromatic heterocycles. The molecule has 3 nitrogen and oxygen atoms in total. The van der Waals surface area contributed by atoms with Gasteiger partial charge < -0.3 is 9.84 Å². The Balaban J connectivity index is 1.58. The maximum Gasteiger partial charge on any atom is 0.138 e. The average molecular weight is 261 g/mol. The van der Waals surface area contributed by atoms with E-state index in [1.54, 1.807) is 0 Å². The van der Waals surface area contributed by atoms with Gasteiger partial charge in [0.05, 0.1) is 0 Å². The second kappa shape index (κ2) is 5.93. The van der Waals surface area contributed by atoms with E-state index in [-0.39, 0.29) is 12.2 Å². The molecule has 1 heterocycles. The summed E-state index contributed by atoms with van der Waals surface area (Å²) in [6.07, 6.45) is 6.17. The Labute approximate surface area is 115 Å². The maximum atomic E-state index is 10.2. The molecule has 0 unspecified atom stereocenters. The van der Waals surface area contributed by atoms with Crippen molar-refractivity contribution < 1.29 is 9.84 Å². The van der Waals surface area contributed by atoms with Gasteiger partial charge in [-0.25, -0.2) is 0 Å². The smallest absolute Gasteiger partial charge is 0.138 e. The van der Waals surface area contributed by atoms with Crippen molar-refractivity contribution in [2.75, 3.05) is 13.1 Å². The number of likely N-dealkylation sites (tertiary alicyclic amines) is 1. The van der Waals surface area contributed by atoms with Crippen LogP contribution in [0.4, 0.5) is 0 Å². The summed E-state index contributed by atoms with van der Waals surface area (Å²) >= 11 is 0. The normalized spacial score (nSPS) is 29.5. The summed E-state index contributed by atoms with van der Waals surface area (Å²) in [5, 5.41) is 10.2.